The molecule has 0 N–H and O–H groups in total. The zero-order valence-corrected chi connectivity index (χ0v) is 18.3. The summed E-state index contributed by atoms with van der Waals surface area (Å²) in [5, 5.41) is 0. The minimum atomic E-state index is 0.0549. The summed E-state index contributed by atoms with van der Waals surface area (Å²) in [4.78, 5) is 12.3. The molecule has 0 aromatic heterocycles. The Balaban J connectivity index is 1.39. The molecular weight excluding hydrogens is 348 g/mol. The van der Waals surface area contributed by atoms with Crippen molar-refractivity contribution in [3.63, 3.8) is 0 Å². The number of hydrogen-bond acceptors (Lipinski definition) is 3. The average Bonchev–Trinajstić information content (AvgIpc) is 3.30. The first kappa shape index (κ1) is 19.5. The molecular formula is C25H40O3. The van der Waals surface area contributed by atoms with Crippen molar-refractivity contribution in [1.82, 2.24) is 0 Å². The molecule has 5 rings (SSSR count). The molecule has 158 valence electrons. The summed E-state index contributed by atoms with van der Waals surface area (Å²) in [7, 11) is 0. The molecule has 28 heavy (non-hydrogen) atoms. The summed E-state index contributed by atoms with van der Waals surface area (Å²) in [5.41, 5.74) is 0.886. The maximum absolute atomic E-state index is 12.3. The van der Waals surface area contributed by atoms with Crippen LogP contribution >= 0.6 is 0 Å². The molecule has 4 saturated carbocycles. The van der Waals surface area contributed by atoms with Gasteiger partial charge in [-0.15, -0.1) is 0 Å². The highest BCUT2D eigenvalue weighted by Crippen LogP contribution is 2.69. The Hall–Kier alpha value is -0.410. The van der Waals surface area contributed by atoms with Crippen LogP contribution < -0.4 is 0 Å². The van der Waals surface area contributed by atoms with E-state index in [-0.39, 0.29) is 6.29 Å². The Kier molecular flexibility index (Phi) is 4.94. The van der Waals surface area contributed by atoms with E-state index in [1.165, 1.54) is 38.5 Å². The minimum Gasteiger partial charge on any atom is -0.350 e. The number of carbonyl (C=O) groups excluding carboxylic acids is 1. The smallest absolute Gasteiger partial charge is 0.158 e. The van der Waals surface area contributed by atoms with Crippen molar-refractivity contribution in [2.75, 3.05) is 13.2 Å². The lowest BCUT2D eigenvalue weighted by Gasteiger charge is -2.62. The van der Waals surface area contributed by atoms with Gasteiger partial charge >= 0.3 is 0 Å². The Morgan fingerprint density at radius 2 is 1.71 bits per heavy atom. The van der Waals surface area contributed by atoms with Crippen LogP contribution in [0.4, 0.5) is 0 Å². The molecule has 0 radical (unpaired) electrons. The van der Waals surface area contributed by atoms with Crippen LogP contribution in [-0.4, -0.2) is 25.3 Å². The third kappa shape index (κ3) is 2.86. The molecule has 0 aromatic carbocycles. The van der Waals surface area contributed by atoms with Crippen molar-refractivity contribution < 1.29 is 14.3 Å². The van der Waals surface area contributed by atoms with Gasteiger partial charge in [-0.2, -0.15) is 0 Å². The second-order valence-electron chi connectivity index (χ2n) is 11.4. The van der Waals surface area contributed by atoms with E-state index in [4.69, 9.17) is 9.47 Å². The van der Waals surface area contributed by atoms with Gasteiger partial charge in [-0.05, 0) is 84.9 Å². The van der Waals surface area contributed by atoms with E-state index in [1.54, 1.807) is 0 Å². The SMILES string of the molecule is CCC1CC2C(CCC3(C)C2CC[C@@H]3CC2OCCO2)C2(C)CCC(=O)CC12. The molecule has 0 amide bonds. The summed E-state index contributed by atoms with van der Waals surface area (Å²) < 4.78 is 11.6. The Bertz CT molecular complexity index is 611. The van der Waals surface area contributed by atoms with Crippen molar-refractivity contribution in [1.29, 1.82) is 0 Å². The van der Waals surface area contributed by atoms with Crippen LogP contribution in [0.1, 0.15) is 85.0 Å². The van der Waals surface area contributed by atoms with Gasteiger partial charge in [0.25, 0.3) is 0 Å². The zero-order valence-electron chi connectivity index (χ0n) is 18.3. The van der Waals surface area contributed by atoms with Crippen LogP contribution in [0, 0.1) is 46.3 Å². The number of Topliss-reactive ketones (excluding diaryl/α,β-unsaturated/α-hetero) is 1. The van der Waals surface area contributed by atoms with Gasteiger partial charge in [0, 0.05) is 19.3 Å². The van der Waals surface area contributed by atoms with Crippen molar-refractivity contribution in [2.45, 2.75) is 91.3 Å². The molecule has 1 saturated heterocycles. The largest absolute Gasteiger partial charge is 0.350 e. The van der Waals surface area contributed by atoms with E-state index < -0.39 is 0 Å². The lowest BCUT2D eigenvalue weighted by molar-refractivity contribution is -0.153. The summed E-state index contributed by atoms with van der Waals surface area (Å²) in [6.45, 7) is 9.12. The van der Waals surface area contributed by atoms with Crippen LogP contribution in [0.2, 0.25) is 0 Å². The molecule has 0 aromatic rings. The number of fused-ring (bicyclic) bond motifs is 5. The molecule has 3 nitrogen and oxygen atoms in total. The van der Waals surface area contributed by atoms with E-state index in [2.05, 4.69) is 20.8 Å². The molecule has 0 bridgehead atoms. The highest BCUT2D eigenvalue weighted by molar-refractivity contribution is 5.79. The lowest BCUT2D eigenvalue weighted by atomic mass is 9.42. The van der Waals surface area contributed by atoms with E-state index in [0.717, 1.165) is 68.5 Å². The molecule has 0 spiro atoms. The number of ether oxygens (including phenoxy) is 2. The third-order valence-corrected chi connectivity index (χ3v) is 10.6. The molecule has 4 aliphatic carbocycles. The topological polar surface area (TPSA) is 35.5 Å². The second-order valence-corrected chi connectivity index (χ2v) is 11.4. The summed E-state index contributed by atoms with van der Waals surface area (Å²) in [6.07, 6.45) is 12.2. The van der Waals surface area contributed by atoms with E-state index >= 15 is 0 Å². The number of ketones is 1. The number of rotatable bonds is 3. The molecule has 5 fully saturated rings. The molecule has 3 heteroatoms. The van der Waals surface area contributed by atoms with Gasteiger partial charge < -0.3 is 9.47 Å². The average molecular weight is 389 g/mol. The summed E-state index contributed by atoms with van der Waals surface area (Å²) >= 11 is 0. The van der Waals surface area contributed by atoms with Gasteiger partial charge in [0.05, 0.1) is 13.2 Å². The first-order valence-electron chi connectivity index (χ1n) is 12.2. The van der Waals surface area contributed by atoms with Crippen molar-refractivity contribution in [3.05, 3.63) is 0 Å². The monoisotopic (exact) mass is 388 g/mol. The van der Waals surface area contributed by atoms with Crippen LogP contribution in [0.5, 0.6) is 0 Å². The van der Waals surface area contributed by atoms with E-state index in [0.29, 0.717) is 22.5 Å². The first-order chi connectivity index (χ1) is 13.5. The summed E-state index contributed by atoms with van der Waals surface area (Å²) in [6, 6.07) is 0. The Morgan fingerprint density at radius 1 is 0.964 bits per heavy atom. The van der Waals surface area contributed by atoms with Gasteiger partial charge in [0.15, 0.2) is 6.29 Å². The summed E-state index contributed by atoms with van der Waals surface area (Å²) in [5.74, 6) is 5.33. The van der Waals surface area contributed by atoms with Gasteiger partial charge in [-0.1, -0.05) is 27.2 Å². The third-order valence-electron chi connectivity index (χ3n) is 10.6. The maximum atomic E-state index is 12.3. The number of hydrogen-bond donors (Lipinski definition) is 0. The first-order valence-corrected chi connectivity index (χ1v) is 12.2. The predicted molar refractivity (Wildman–Crippen MR) is 110 cm³/mol. The Labute approximate surface area is 171 Å². The van der Waals surface area contributed by atoms with Crippen molar-refractivity contribution in [3.8, 4) is 0 Å². The van der Waals surface area contributed by atoms with E-state index in [1.807, 2.05) is 0 Å². The predicted octanol–water partition coefficient (Wildman–Crippen LogP) is 5.61. The lowest BCUT2D eigenvalue weighted by Crippen LogP contribution is -2.56. The molecule has 7 unspecified atom stereocenters. The standard InChI is InChI=1S/C25H40O3/c1-4-16-13-19-20-6-5-17(14-23-27-11-12-28-23)24(20,2)10-8-21(19)25(3)9-7-18(26)15-22(16)25/h16-17,19-23H,4-15H2,1-3H3/t16?,17-,19?,20?,21?,22?,24?,25?/m1/s1. The molecule has 8 atom stereocenters. The molecule has 5 aliphatic rings. The van der Waals surface area contributed by atoms with Crippen molar-refractivity contribution in [2.24, 2.45) is 46.3 Å². The zero-order chi connectivity index (χ0) is 19.5. The minimum absolute atomic E-state index is 0.0549. The molecule has 1 aliphatic heterocycles. The van der Waals surface area contributed by atoms with Crippen molar-refractivity contribution >= 4 is 5.78 Å². The highest BCUT2D eigenvalue weighted by atomic mass is 16.7. The highest BCUT2D eigenvalue weighted by Gasteiger charge is 2.61. The van der Waals surface area contributed by atoms with Gasteiger partial charge in [0.2, 0.25) is 0 Å². The molecule has 1 heterocycles. The Morgan fingerprint density at radius 3 is 2.46 bits per heavy atom. The number of carbonyl (C=O) groups is 1. The van der Waals surface area contributed by atoms with Crippen LogP contribution in [0.15, 0.2) is 0 Å². The van der Waals surface area contributed by atoms with Gasteiger partial charge in [-0.25, -0.2) is 0 Å². The van der Waals surface area contributed by atoms with Crippen LogP contribution in [0.25, 0.3) is 0 Å². The fraction of sp³-hybridized carbons (Fsp3) is 0.960. The normalized spacial score (nSPS) is 51.6. The fourth-order valence-electron chi connectivity index (χ4n) is 9.01. The van der Waals surface area contributed by atoms with Crippen LogP contribution in [0.3, 0.4) is 0 Å². The quantitative estimate of drug-likeness (QED) is 0.630. The second kappa shape index (κ2) is 7.08. The van der Waals surface area contributed by atoms with Gasteiger partial charge in [-0.3, -0.25) is 4.79 Å². The van der Waals surface area contributed by atoms with Crippen LogP contribution in [-0.2, 0) is 14.3 Å². The van der Waals surface area contributed by atoms with E-state index in [9.17, 15) is 4.79 Å². The van der Waals surface area contributed by atoms with Gasteiger partial charge in [0.1, 0.15) is 5.78 Å². The fourth-order valence-corrected chi connectivity index (χ4v) is 9.01. The maximum Gasteiger partial charge on any atom is 0.158 e.